The predicted octanol–water partition coefficient (Wildman–Crippen LogP) is 1.49. The van der Waals surface area contributed by atoms with E-state index in [4.69, 9.17) is 0 Å². The summed E-state index contributed by atoms with van der Waals surface area (Å²) in [6.45, 7) is 9.54. The summed E-state index contributed by atoms with van der Waals surface area (Å²) >= 11 is 1.57. The zero-order valence-corrected chi connectivity index (χ0v) is 14.9. The van der Waals surface area contributed by atoms with Gasteiger partial charge in [-0.1, -0.05) is 13.8 Å². The van der Waals surface area contributed by atoms with Crippen LogP contribution in [0.3, 0.4) is 0 Å². The highest BCUT2D eigenvalue weighted by Gasteiger charge is 2.29. The fourth-order valence-corrected chi connectivity index (χ4v) is 5.32. The van der Waals surface area contributed by atoms with Gasteiger partial charge in [0.2, 0.25) is 10.0 Å². The molecule has 0 aliphatic carbocycles. The van der Waals surface area contributed by atoms with Crippen LogP contribution < -0.4 is 5.32 Å². The second-order valence-electron chi connectivity index (χ2n) is 5.88. The summed E-state index contributed by atoms with van der Waals surface area (Å²) in [5.41, 5.74) is 0. The van der Waals surface area contributed by atoms with E-state index in [1.165, 1.54) is 0 Å². The first kappa shape index (κ1) is 16.9. The number of aryl methyl sites for hydroxylation is 1. The molecular weight excluding hydrogens is 306 g/mol. The molecule has 0 atom stereocenters. The molecule has 2 rings (SSSR count). The lowest BCUT2D eigenvalue weighted by Gasteiger charge is -2.31. The molecule has 7 heteroatoms. The Morgan fingerprint density at radius 2 is 1.90 bits per heavy atom. The summed E-state index contributed by atoms with van der Waals surface area (Å²) in [6.07, 6.45) is 0. The van der Waals surface area contributed by atoms with Gasteiger partial charge in [-0.15, -0.1) is 11.3 Å². The second-order valence-corrected chi connectivity index (χ2v) is 9.12. The lowest BCUT2D eigenvalue weighted by molar-refractivity contribution is 0.222. The topological polar surface area (TPSA) is 52.7 Å². The molecule has 0 spiro atoms. The van der Waals surface area contributed by atoms with E-state index >= 15 is 0 Å². The maximum Gasteiger partial charge on any atom is 0.244 e. The minimum Gasteiger partial charge on any atom is -0.310 e. The molecule has 1 fully saturated rings. The predicted molar refractivity (Wildman–Crippen MR) is 87.3 cm³/mol. The van der Waals surface area contributed by atoms with Crippen LogP contribution in [0.1, 0.15) is 23.6 Å². The van der Waals surface area contributed by atoms with E-state index in [0.29, 0.717) is 24.0 Å². The van der Waals surface area contributed by atoms with Gasteiger partial charge in [0.15, 0.2) is 0 Å². The molecule has 1 aromatic rings. The van der Waals surface area contributed by atoms with Crippen LogP contribution in [0.25, 0.3) is 0 Å². The van der Waals surface area contributed by atoms with Crippen LogP contribution >= 0.6 is 11.3 Å². The Kier molecular flexibility index (Phi) is 5.43. The minimum atomic E-state index is -3.34. The van der Waals surface area contributed by atoms with Crippen molar-refractivity contribution in [3.63, 3.8) is 0 Å². The van der Waals surface area contributed by atoms with Gasteiger partial charge in [-0.05, 0) is 20.0 Å². The quantitative estimate of drug-likeness (QED) is 0.888. The van der Waals surface area contributed by atoms with Crippen LogP contribution in [0.4, 0.5) is 0 Å². The molecule has 1 N–H and O–H groups in total. The molecule has 120 valence electrons. The Bertz CT molecular complexity index is 573. The normalized spacial score (nSPS) is 18.5. The number of hydrogen-bond acceptors (Lipinski definition) is 5. The fraction of sp³-hybridized carbons (Fsp3) is 0.714. The van der Waals surface area contributed by atoms with E-state index in [9.17, 15) is 8.42 Å². The number of thiophene rings is 1. The van der Waals surface area contributed by atoms with E-state index in [-0.39, 0.29) is 0 Å². The summed E-state index contributed by atoms with van der Waals surface area (Å²) < 4.78 is 27.1. The molecule has 1 saturated heterocycles. The van der Waals surface area contributed by atoms with Gasteiger partial charge in [-0.3, -0.25) is 0 Å². The molecule has 21 heavy (non-hydrogen) atoms. The van der Waals surface area contributed by atoms with Crippen LogP contribution in [-0.4, -0.2) is 56.9 Å². The number of nitrogens with one attached hydrogen (secondary N) is 1. The monoisotopic (exact) mass is 331 g/mol. The molecular formula is C14H25N3O2S2. The van der Waals surface area contributed by atoms with Gasteiger partial charge in [0, 0.05) is 48.5 Å². The number of hydrogen-bond donors (Lipinski definition) is 1. The Morgan fingerprint density at radius 1 is 1.29 bits per heavy atom. The highest BCUT2D eigenvalue weighted by Crippen LogP contribution is 2.28. The molecule has 2 heterocycles. The lowest BCUT2D eigenvalue weighted by Crippen LogP contribution is -2.47. The van der Waals surface area contributed by atoms with E-state index in [1.807, 2.05) is 20.0 Å². The molecule has 5 nitrogen and oxygen atoms in total. The van der Waals surface area contributed by atoms with Gasteiger partial charge in [0.25, 0.3) is 0 Å². The molecule has 1 aromatic heterocycles. The summed E-state index contributed by atoms with van der Waals surface area (Å²) in [5.74, 6) is 0. The van der Waals surface area contributed by atoms with E-state index in [2.05, 4.69) is 24.1 Å². The molecule has 0 amide bonds. The Hall–Kier alpha value is -0.470. The zero-order valence-electron chi connectivity index (χ0n) is 13.2. The van der Waals surface area contributed by atoms with Crippen molar-refractivity contribution in [1.29, 1.82) is 0 Å². The fourth-order valence-electron chi connectivity index (χ4n) is 2.34. The molecule has 0 aromatic carbocycles. The first-order valence-corrected chi connectivity index (χ1v) is 9.57. The number of likely N-dealkylation sites (N-methyl/N-ethyl adjacent to an activating group) is 1. The van der Waals surface area contributed by atoms with Gasteiger partial charge in [0.05, 0.1) is 4.90 Å². The van der Waals surface area contributed by atoms with Gasteiger partial charge in [-0.25, -0.2) is 8.42 Å². The van der Waals surface area contributed by atoms with Crippen molar-refractivity contribution in [2.45, 2.75) is 38.3 Å². The van der Waals surface area contributed by atoms with Crippen LogP contribution in [-0.2, 0) is 16.6 Å². The van der Waals surface area contributed by atoms with Crippen molar-refractivity contribution >= 4 is 21.4 Å². The van der Waals surface area contributed by atoms with E-state index in [1.54, 1.807) is 15.6 Å². The average molecular weight is 332 g/mol. The number of rotatable bonds is 5. The molecule has 0 radical (unpaired) electrons. The lowest BCUT2D eigenvalue weighted by atomic mass is 10.3. The molecule has 0 saturated carbocycles. The molecule has 0 unspecified atom stereocenters. The third-order valence-corrected chi connectivity index (χ3v) is 6.89. The van der Waals surface area contributed by atoms with Gasteiger partial charge in [0.1, 0.15) is 0 Å². The number of sulfonamides is 1. The summed E-state index contributed by atoms with van der Waals surface area (Å²) in [7, 11) is -1.32. The van der Waals surface area contributed by atoms with Gasteiger partial charge < -0.3 is 10.2 Å². The summed E-state index contributed by atoms with van der Waals surface area (Å²) in [6, 6.07) is 2.23. The maximum absolute atomic E-state index is 12.8. The van der Waals surface area contributed by atoms with Gasteiger partial charge in [-0.2, -0.15) is 4.31 Å². The second kappa shape index (κ2) is 6.75. The van der Waals surface area contributed by atoms with Crippen LogP contribution in [0.15, 0.2) is 11.0 Å². The van der Waals surface area contributed by atoms with E-state index in [0.717, 1.165) is 29.4 Å². The summed E-state index contributed by atoms with van der Waals surface area (Å²) in [4.78, 5) is 4.60. The minimum absolute atomic E-state index is 0.394. The van der Waals surface area contributed by atoms with Crippen LogP contribution in [0, 0.1) is 6.92 Å². The standard InChI is InChI=1S/C14H25N3O2S2/c1-11(2)15-10-13-9-14(12(3)20-13)21(18,19)17-7-5-16(4)6-8-17/h9,11,15H,5-8,10H2,1-4H3. The molecule has 0 bridgehead atoms. The zero-order chi connectivity index (χ0) is 15.6. The molecule has 1 aliphatic rings. The first-order valence-electron chi connectivity index (χ1n) is 7.32. The van der Waals surface area contributed by atoms with Crippen molar-refractivity contribution in [3.05, 3.63) is 15.8 Å². The Morgan fingerprint density at radius 3 is 2.48 bits per heavy atom. The van der Waals surface area contributed by atoms with Gasteiger partial charge >= 0.3 is 0 Å². The smallest absolute Gasteiger partial charge is 0.244 e. The number of nitrogens with zero attached hydrogens (tertiary/aromatic N) is 2. The average Bonchev–Trinajstić information content (AvgIpc) is 2.79. The highest BCUT2D eigenvalue weighted by molar-refractivity contribution is 7.89. The van der Waals surface area contributed by atoms with Crippen LogP contribution in [0.2, 0.25) is 0 Å². The van der Waals surface area contributed by atoms with Crippen molar-refractivity contribution in [2.75, 3.05) is 33.2 Å². The van der Waals surface area contributed by atoms with Crippen molar-refractivity contribution < 1.29 is 8.42 Å². The Labute approximate surface area is 132 Å². The maximum atomic E-state index is 12.8. The van der Waals surface area contributed by atoms with Crippen molar-refractivity contribution in [3.8, 4) is 0 Å². The van der Waals surface area contributed by atoms with E-state index < -0.39 is 10.0 Å². The highest BCUT2D eigenvalue weighted by atomic mass is 32.2. The third-order valence-electron chi connectivity index (χ3n) is 3.69. The molecule has 1 aliphatic heterocycles. The van der Waals surface area contributed by atoms with Crippen molar-refractivity contribution in [1.82, 2.24) is 14.5 Å². The van der Waals surface area contributed by atoms with Crippen molar-refractivity contribution in [2.24, 2.45) is 0 Å². The third kappa shape index (κ3) is 4.04. The Balaban J connectivity index is 2.16. The number of piperazine rings is 1. The SMILES string of the molecule is Cc1sc(CNC(C)C)cc1S(=O)(=O)N1CCN(C)CC1. The van der Waals surface area contributed by atoms with Crippen LogP contribution in [0.5, 0.6) is 0 Å². The largest absolute Gasteiger partial charge is 0.310 e. The summed E-state index contributed by atoms with van der Waals surface area (Å²) in [5, 5.41) is 3.33. The first-order chi connectivity index (χ1) is 9.80.